The maximum absolute atomic E-state index is 12.7. The number of nitrogens with two attached hydrogens (primary N) is 2. The molecule has 342 valence electrons. The average molecular weight is 935 g/mol. The van der Waals surface area contributed by atoms with Gasteiger partial charge in [-0.3, -0.25) is 23.2 Å². The lowest BCUT2D eigenvalue weighted by atomic mass is 10.1. The Hall–Kier alpha value is -7.76. The summed E-state index contributed by atoms with van der Waals surface area (Å²) in [6.45, 7) is 3.83. The average Bonchev–Trinajstić information content (AvgIpc) is 3.98. The monoisotopic (exact) mass is 934 g/mol. The first-order valence-electron chi connectivity index (χ1n) is 21.0. The van der Waals surface area contributed by atoms with E-state index in [1.165, 1.54) is 0 Å². The van der Waals surface area contributed by atoms with Gasteiger partial charge in [0.05, 0.1) is 12.4 Å². The Morgan fingerprint density at radius 1 is 0.627 bits per heavy atom. The summed E-state index contributed by atoms with van der Waals surface area (Å²) in [6.07, 6.45) is 13.6. The second-order valence-electron chi connectivity index (χ2n) is 15.4. The summed E-state index contributed by atoms with van der Waals surface area (Å²) in [7, 11) is 2.55. The molecule has 2 amide bonds. The lowest BCUT2D eigenvalue weighted by Crippen LogP contribution is -2.13. The second kappa shape index (κ2) is 21.5. The van der Waals surface area contributed by atoms with Crippen LogP contribution >= 0.6 is 11.8 Å². The Bertz CT molecular complexity index is 3060. The Balaban J connectivity index is 0.000000199. The molecule has 8 rings (SSSR count). The number of pyridine rings is 2. The predicted octanol–water partition coefficient (Wildman–Crippen LogP) is 9.37. The fraction of sp³-hybridized carbons (Fsp3) is 0.160. The number of aryl methyl sites for hydroxylation is 2. The molecule has 17 heteroatoms. The van der Waals surface area contributed by atoms with Crippen LogP contribution in [0.15, 0.2) is 156 Å². The van der Waals surface area contributed by atoms with Crippen LogP contribution in [-0.2, 0) is 24.9 Å². The van der Waals surface area contributed by atoms with Gasteiger partial charge in [-0.05, 0) is 104 Å². The second-order valence-corrected chi connectivity index (χ2v) is 17.7. The van der Waals surface area contributed by atoms with Crippen LogP contribution in [0.3, 0.4) is 0 Å². The highest BCUT2D eigenvalue weighted by Crippen LogP contribution is 2.33. The van der Waals surface area contributed by atoms with Crippen LogP contribution < -0.4 is 31.6 Å². The van der Waals surface area contributed by atoms with E-state index in [1.807, 2.05) is 119 Å². The Labute approximate surface area is 395 Å². The van der Waals surface area contributed by atoms with Crippen molar-refractivity contribution in [3.63, 3.8) is 0 Å². The smallest absolute Gasteiger partial charge is 0.255 e. The van der Waals surface area contributed by atoms with Crippen molar-refractivity contribution in [1.29, 1.82) is 0 Å². The lowest BCUT2D eigenvalue weighted by molar-refractivity contribution is 0.101. The van der Waals surface area contributed by atoms with E-state index in [4.69, 9.17) is 20.9 Å². The van der Waals surface area contributed by atoms with Gasteiger partial charge in [-0.15, -0.1) is 11.8 Å². The number of aromatic nitrogens is 6. The minimum absolute atomic E-state index is 0.158. The molecule has 0 aliphatic carbocycles. The number of rotatable bonds is 14. The van der Waals surface area contributed by atoms with Crippen molar-refractivity contribution < 1.29 is 23.3 Å². The minimum Gasteiger partial charge on any atom is -0.482 e. The van der Waals surface area contributed by atoms with Crippen LogP contribution in [0, 0.1) is 0 Å². The third-order valence-corrected chi connectivity index (χ3v) is 12.1. The molecule has 0 bridgehead atoms. The summed E-state index contributed by atoms with van der Waals surface area (Å²) in [5.41, 5.74) is 19.8. The highest BCUT2D eigenvalue weighted by atomic mass is 32.2. The predicted molar refractivity (Wildman–Crippen MR) is 266 cm³/mol. The van der Waals surface area contributed by atoms with Crippen molar-refractivity contribution in [2.24, 2.45) is 14.1 Å². The van der Waals surface area contributed by atoms with E-state index in [-0.39, 0.29) is 29.8 Å². The number of benzene rings is 4. The summed E-state index contributed by atoms with van der Waals surface area (Å²) in [4.78, 5) is 35.6. The maximum Gasteiger partial charge on any atom is 0.255 e. The molecule has 15 nitrogen and oxygen atoms in total. The van der Waals surface area contributed by atoms with E-state index in [1.54, 1.807) is 88.6 Å². The van der Waals surface area contributed by atoms with Gasteiger partial charge < -0.3 is 31.6 Å². The number of thioether (sulfide) groups is 1. The molecule has 6 N–H and O–H groups in total. The van der Waals surface area contributed by atoms with Crippen molar-refractivity contribution in [3.8, 4) is 33.8 Å². The van der Waals surface area contributed by atoms with E-state index in [0.717, 1.165) is 38.3 Å². The third-order valence-electron chi connectivity index (χ3n) is 10.4. The van der Waals surface area contributed by atoms with E-state index < -0.39 is 10.8 Å². The molecule has 0 fully saturated rings. The molecular weight excluding hydrogens is 885 g/mol. The van der Waals surface area contributed by atoms with Gasteiger partial charge in [0.1, 0.15) is 12.2 Å². The van der Waals surface area contributed by atoms with Gasteiger partial charge >= 0.3 is 0 Å². The number of hydrogen-bond donors (Lipinski definition) is 4. The molecule has 67 heavy (non-hydrogen) atoms. The van der Waals surface area contributed by atoms with Gasteiger partial charge in [0, 0.05) is 110 Å². The van der Waals surface area contributed by atoms with Crippen LogP contribution in [0.25, 0.3) is 22.3 Å². The highest BCUT2D eigenvalue weighted by Gasteiger charge is 2.17. The van der Waals surface area contributed by atoms with E-state index >= 15 is 0 Å². The molecule has 0 radical (unpaired) electrons. The quantitative estimate of drug-likeness (QED) is 0.0753. The van der Waals surface area contributed by atoms with Crippen LogP contribution in [0.4, 0.5) is 23.0 Å². The van der Waals surface area contributed by atoms with Gasteiger partial charge in [-0.1, -0.05) is 36.4 Å². The normalized spacial score (nSPS) is 12.2. The van der Waals surface area contributed by atoms with Gasteiger partial charge in [0.2, 0.25) is 0 Å². The number of carbonyl (C=O) groups excluding carboxylic acids is 2. The number of nitrogens with one attached hydrogen (secondary N) is 2. The maximum atomic E-state index is 12.7. The molecule has 4 aromatic carbocycles. The van der Waals surface area contributed by atoms with Crippen molar-refractivity contribution >= 4 is 57.4 Å². The van der Waals surface area contributed by atoms with Crippen molar-refractivity contribution in [2.45, 2.75) is 35.8 Å². The number of nitrogens with zero attached hydrogens (tertiary/aromatic N) is 6. The molecular formula is C50H50N10O5S2. The fourth-order valence-electron chi connectivity index (χ4n) is 6.80. The fourth-order valence-corrected chi connectivity index (χ4v) is 7.82. The zero-order valence-corrected chi connectivity index (χ0v) is 39.3. The Morgan fingerprint density at radius 2 is 1.09 bits per heavy atom. The van der Waals surface area contributed by atoms with Crippen molar-refractivity contribution in [2.75, 3.05) is 34.6 Å². The van der Waals surface area contributed by atoms with Crippen LogP contribution in [0.2, 0.25) is 0 Å². The lowest BCUT2D eigenvalue weighted by Gasteiger charge is -2.17. The summed E-state index contributed by atoms with van der Waals surface area (Å²) in [5.74, 6) is 1.12. The third kappa shape index (κ3) is 12.3. The first-order valence-corrected chi connectivity index (χ1v) is 23.7. The van der Waals surface area contributed by atoms with Gasteiger partial charge in [-0.2, -0.15) is 10.2 Å². The first-order chi connectivity index (χ1) is 32.2. The summed E-state index contributed by atoms with van der Waals surface area (Å²) < 4.78 is 27.4. The van der Waals surface area contributed by atoms with Crippen LogP contribution in [0.1, 0.15) is 57.9 Å². The zero-order chi connectivity index (χ0) is 47.6. The van der Waals surface area contributed by atoms with Crippen molar-refractivity contribution in [3.05, 3.63) is 169 Å². The number of ether oxygens (including phenoxy) is 2. The summed E-state index contributed by atoms with van der Waals surface area (Å²) >= 11 is 1.60. The number of anilines is 4. The molecule has 3 atom stereocenters. The topological polar surface area (TPSA) is 207 Å². The largest absolute Gasteiger partial charge is 0.482 e. The van der Waals surface area contributed by atoms with E-state index in [2.05, 4.69) is 30.8 Å². The number of carbonyl (C=O) groups is 2. The van der Waals surface area contributed by atoms with Gasteiger partial charge in [-0.25, -0.2) is 9.97 Å². The highest BCUT2D eigenvalue weighted by molar-refractivity contribution is 7.98. The molecule has 0 aliphatic heterocycles. The van der Waals surface area contributed by atoms with Crippen LogP contribution in [0.5, 0.6) is 11.5 Å². The molecule has 0 saturated heterocycles. The SMILES string of the molecule is CSc1cccc(C(=O)Nc2cccc([C@@H](C)Oc3cc(-c4cnn(C)c4)cnc3N)c2)c1.C[C@@H](Oc1cc(-c2cnn(C)c2)cnc1N)c1cccc(NC(=O)c2cccc(S(C)=O)c2)c1. The minimum atomic E-state index is -1.16. The van der Waals surface area contributed by atoms with Crippen LogP contribution in [-0.4, -0.2) is 58.1 Å². The van der Waals surface area contributed by atoms with E-state index in [0.29, 0.717) is 44.7 Å². The number of hydrogen-bond acceptors (Lipinski definition) is 12. The molecule has 0 spiro atoms. The Kier molecular flexibility index (Phi) is 15.1. The number of amides is 2. The molecule has 8 aromatic rings. The molecule has 1 unspecified atom stereocenters. The van der Waals surface area contributed by atoms with Gasteiger partial charge in [0.15, 0.2) is 23.1 Å². The first kappa shape index (κ1) is 47.2. The molecule has 4 aromatic heterocycles. The van der Waals surface area contributed by atoms with Crippen molar-refractivity contribution in [1.82, 2.24) is 29.5 Å². The summed E-state index contributed by atoms with van der Waals surface area (Å²) in [5, 5.41) is 14.2. The number of nitrogen functional groups attached to an aromatic ring is 2. The standard InChI is InChI=1S/C25H25N5O3S.C25H25N5O2S/c1-16(33-23-12-19(13-27-24(23)26)20-14-28-30(2)15-20)17-6-4-8-21(10-17)29-25(31)18-7-5-9-22(11-18)34(3)32;1-16(32-23-12-19(13-27-24(23)26)20-14-28-30(2)15-20)17-6-4-8-21(10-17)29-25(31)18-7-5-9-22(11-18)33-3/h4-16H,1-3H3,(H2,26,27)(H,29,31);4-16H,1-3H3,(H2,26,27)(H,29,31)/t16-,34?;16-/m11/s1. The molecule has 0 saturated carbocycles. The Morgan fingerprint density at radius 3 is 1.54 bits per heavy atom. The zero-order valence-electron chi connectivity index (χ0n) is 37.7. The van der Waals surface area contributed by atoms with E-state index in [9.17, 15) is 13.8 Å². The molecule has 0 aliphatic rings. The van der Waals surface area contributed by atoms with Gasteiger partial charge in [0.25, 0.3) is 11.8 Å². The summed E-state index contributed by atoms with van der Waals surface area (Å²) in [6, 6.07) is 33.0. The molecule has 4 heterocycles.